The molecule has 2 aromatic heterocycles. The first-order valence-corrected chi connectivity index (χ1v) is 12.4. The summed E-state index contributed by atoms with van der Waals surface area (Å²) < 4.78 is 0. The highest BCUT2D eigenvalue weighted by molar-refractivity contribution is 5.93. The van der Waals surface area contributed by atoms with Crippen molar-refractivity contribution >= 4 is 39.6 Å². The average Bonchev–Trinajstić information content (AvgIpc) is 3.20. The van der Waals surface area contributed by atoms with Crippen molar-refractivity contribution < 1.29 is 9.90 Å². The summed E-state index contributed by atoms with van der Waals surface area (Å²) >= 11 is 0. The van der Waals surface area contributed by atoms with Gasteiger partial charge in [-0.05, 0) is 68.8 Å². The number of rotatable bonds is 8. The Labute approximate surface area is 213 Å². The number of anilines is 4. The molecule has 1 saturated heterocycles. The molecule has 5 rings (SSSR count). The van der Waals surface area contributed by atoms with Gasteiger partial charge in [-0.2, -0.15) is 0 Å². The van der Waals surface area contributed by atoms with E-state index in [-0.39, 0.29) is 24.2 Å². The summed E-state index contributed by atoms with van der Waals surface area (Å²) in [6, 6.07) is 10.5. The van der Waals surface area contributed by atoms with Crippen molar-refractivity contribution in [3.8, 4) is 0 Å². The number of carbonyl (C=O) groups is 1. The number of fused-ring (bicyclic) bond motifs is 1. The fraction of sp³-hybridized carbons (Fsp3) is 0.321. The van der Waals surface area contributed by atoms with Gasteiger partial charge in [0.1, 0.15) is 23.2 Å². The van der Waals surface area contributed by atoms with Crippen molar-refractivity contribution in [3.63, 3.8) is 0 Å². The summed E-state index contributed by atoms with van der Waals surface area (Å²) in [6.45, 7) is 5.96. The fourth-order valence-corrected chi connectivity index (χ4v) is 5.18. The number of pyridine rings is 2. The molecule has 37 heavy (non-hydrogen) atoms. The molecule has 1 aliphatic heterocycles. The maximum absolute atomic E-state index is 12.4. The van der Waals surface area contributed by atoms with Gasteiger partial charge in [-0.3, -0.25) is 14.6 Å². The van der Waals surface area contributed by atoms with Crippen LogP contribution in [-0.2, 0) is 11.2 Å². The smallest absolute Gasteiger partial charge is 0.326 e. The quantitative estimate of drug-likeness (QED) is 0.311. The number of nitrogens with one attached hydrogen (secondary N) is 2. The van der Waals surface area contributed by atoms with Crippen molar-refractivity contribution in [1.29, 1.82) is 0 Å². The van der Waals surface area contributed by atoms with Gasteiger partial charge in [-0.25, -0.2) is 9.78 Å². The number of aromatic nitrogens is 2. The fourth-order valence-electron chi connectivity index (χ4n) is 5.18. The first-order chi connectivity index (χ1) is 17.7. The van der Waals surface area contributed by atoms with Crippen LogP contribution in [0.15, 0.2) is 58.4 Å². The molecule has 0 radical (unpaired) electrons. The first-order valence-electron chi connectivity index (χ1n) is 12.4. The number of carboxylic acids is 1. The number of carboxylic acid groups (broad SMARTS) is 1. The van der Waals surface area contributed by atoms with Gasteiger partial charge < -0.3 is 20.6 Å². The maximum Gasteiger partial charge on any atom is 0.326 e. The second kappa shape index (κ2) is 9.65. The van der Waals surface area contributed by atoms with Crippen LogP contribution in [0, 0.1) is 6.92 Å². The third kappa shape index (κ3) is 4.64. The minimum Gasteiger partial charge on any atom is -0.480 e. The van der Waals surface area contributed by atoms with Gasteiger partial charge in [0.25, 0.3) is 10.9 Å². The third-order valence-corrected chi connectivity index (χ3v) is 7.13. The number of hydrogen-bond donors (Lipinski definition) is 3. The van der Waals surface area contributed by atoms with Gasteiger partial charge in [-0.15, -0.1) is 0 Å². The average molecular weight is 500 g/mol. The van der Waals surface area contributed by atoms with Crippen molar-refractivity contribution in [2.24, 2.45) is 0 Å². The Bertz CT molecular complexity index is 1530. The van der Waals surface area contributed by atoms with Crippen LogP contribution in [-0.4, -0.2) is 39.2 Å². The zero-order valence-electron chi connectivity index (χ0n) is 21.0. The van der Waals surface area contributed by atoms with E-state index in [1.54, 1.807) is 12.4 Å². The molecule has 0 amide bonds. The Morgan fingerprint density at radius 2 is 1.81 bits per heavy atom. The molecule has 2 aromatic carbocycles. The Balaban J connectivity index is 1.33. The van der Waals surface area contributed by atoms with Crippen LogP contribution in [0.2, 0.25) is 0 Å². The minimum absolute atomic E-state index is 0.113. The standard InChI is InChI=1S/C28H29N5O4/c1-15-12-19-10-11-29-14-21(19)27(30-15)31-20-8-6-18(7-9-20)13-22(28(36)37)32-23-24(26(35)25(23)34)33-16(2)4-5-17(33)3/h6-12,14,16-17,22,32H,4-5,13H2,1-3H3,(H,30,31)(H,36,37)/t16-,17+,22-/m0/s1. The Morgan fingerprint density at radius 3 is 2.49 bits per heavy atom. The molecule has 3 N–H and O–H groups in total. The van der Waals surface area contributed by atoms with E-state index in [0.717, 1.165) is 40.6 Å². The number of aryl methyl sites for hydroxylation is 1. The van der Waals surface area contributed by atoms with Gasteiger partial charge in [0.05, 0.1) is 0 Å². The lowest BCUT2D eigenvalue weighted by Crippen LogP contribution is -2.48. The predicted octanol–water partition coefficient (Wildman–Crippen LogP) is 3.76. The molecule has 4 aromatic rings. The number of hydrogen-bond acceptors (Lipinski definition) is 8. The molecule has 0 unspecified atom stereocenters. The summed E-state index contributed by atoms with van der Waals surface area (Å²) in [5.41, 5.74) is 1.69. The number of aliphatic carboxylic acids is 1. The number of nitrogens with zero attached hydrogens (tertiary/aromatic N) is 3. The lowest BCUT2D eigenvalue weighted by Gasteiger charge is -2.32. The summed E-state index contributed by atoms with van der Waals surface area (Å²) in [7, 11) is 0. The van der Waals surface area contributed by atoms with Crippen LogP contribution in [0.5, 0.6) is 0 Å². The van der Waals surface area contributed by atoms with Crippen molar-refractivity contribution in [2.45, 2.75) is 58.2 Å². The van der Waals surface area contributed by atoms with Crippen LogP contribution in [0.25, 0.3) is 10.8 Å². The zero-order valence-corrected chi connectivity index (χ0v) is 21.0. The van der Waals surface area contributed by atoms with E-state index in [0.29, 0.717) is 11.5 Å². The van der Waals surface area contributed by atoms with E-state index in [9.17, 15) is 19.5 Å². The molecule has 0 aliphatic carbocycles. The summed E-state index contributed by atoms with van der Waals surface area (Å²) in [4.78, 5) is 47.6. The van der Waals surface area contributed by atoms with E-state index < -0.39 is 22.9 Å². The van der Waals surface area contributed by atoms with Crippen molar-refractivity contribution in [3.05, 3.63) is 80.5 Å². The SMILES string of the molecule is Cc1cc2ccncc2c(Nc2ccc(C[C@H](Nc3c(N4[C@H](C)CC[C@@H]4C)c(=O)c3=O)C(=O)O)cc2)n1. The first kappa shape index (κ1) is 24.4. The van der Waals surface area contributed by atoms with Crippen LogP contribution in [0.1, 0.15) is 37.9 Å². The Kier molecular flexibility index (Phi) is 6.37. The topological polar surface area (TPSA) is 125 Å². The molecule has 3 atom stereocenters. The van der Waals surface area contributed by atoms with Gasteiger partial charge >= 0.3 is 5.97 Å². The Hall–Kier alpha value is -4.27. The summed E-state index contributed by atoms with van der Waals surface area (Å²) in [5, 5.41) is 18.0. The molecule has 1 fully saturated rings. The van der Waals surface area contributed by atoms with Crippen LogP contribution in [0.3, 0.4) is 0 Å². The lowest BCUT2D eigenvalue weighted by atomic mass is 10.0. The summed E-state index contributed by atoms with van der Waals surface area (Å²) in [6.07, 6.45) is 5.50. The molecule has 0 spiro atoms. The molecule has 9 nitrogen and oxygen atoms in total. The van der Waals surface area contributed by atoms with E-state index in [4.69, 9.17) is 0 Å². The van der Waals surface area contributed by atoms with E-state index >= 15 is 0 Å². The lowest BCUT2D eigenvalue weighted by molar-refractivity contribution is -0.137. The molecule has 0 bridgehead atoms. The molecule has 3 heterocycles. The highest BCUT2D eigenvalue weighted by Gasteiger charge is 2.36. The molecular weight excluding hydrogens is 470 g/mol. The highest BCUT2D eigenvalue weighted by Crippen LogP contribution is 2.33. The van der Waals surface area contributed by atoms with Gasteiger partial charge in [0.2, 0.25) is 0 Å². The normalized spacial score (nSPS) is 18.3. The highest BCUT2D eigenvalue weighted by atomic mass is 16.4. The van der Waals surface area contributed by atoms with Gasteiger partial charge in [0, 0.05) is 47.7 Å². The van der Waals surface area contributed by atoms with E-state index in [1.165, 1.54) is 0 Å². The minimum atomic E-state index is -1.09. The van der Waals surface area contributed by atoms with Crippen molar-refractivity contribution in [1.82, 2.24) is 9.97 Å². The van der Waals surface area contributed by atoms with Crippen LogP contribution >= 0.6 is 0 Å². The van der Waals surface area contributed by atoms with Crippen LogP contribution in [0.4, 0.5) is 22.9 Å². The van der Waals surface area contributed by atoms with Gasteiger partial charge in [-0.1, -0.05) is 12.1 Å². The zero-order chi connectivity index (χ0) is 26.3. The second-order valence-corrected chi connectivity index (χ2v) is 9.83. The molecule has 0 saturated carbocycles. The van der Waals surface area contributed by atoms with Crippen LogP contribution < -0.4 is 26.4 Å². The van der Waals surface area contributed by atoms with E-state index in [1.807, 2.05) is 62.1 Å². The largest absolute Gasteiger partial charge is 0.480 e. The predicted molar refractivity (Wildman–Crippen MR) is 145 cm³/mol. The molecular formula is C28H29N5O4. The molecule has 9 heteroatoms. The third-order valence-electron chi connectivity index (χ3n) is 7.13. The monoisotopic (exact) mass is 499 g/mol. The second-order valence-electron chi connectivity index (χ2n) is 9.83. The molecule has 1 aliphatic rings. The Morgan fingerprint density at radius 1 is 1.11 bits per heavy atom. The summed E-state index contributed by atoms with van der Waals surface area (Å²) in [5.74, 6) is -0.398. The van der Waals surface area contributed by atoms with Gasteiger partial charge in [0.15, 0.2) is 0 Å². The maximum atomic E-state index is 12.4. The molecule has 190 valence electrons. The number of benzene rings is 1. The van der Waals surface area contributed by atoms with Crippen molar-refractivity contribution in [2.75, 3.05) is 15.5 Å². The van der Waals surface area contributed by atoms with E-state index in [2.05, 4.69) is 20.6 Å².